The first-order valence-electron chi connectivity index (χ1n) is 20.6. The summed E-state index contributed by atoms with van der Waals surface area (Å²) in [4.78, 5) is 37.3. The predicted octanol–water partition coefficient (Wildman–Crippen LogP) is 5.67. The summed E-state index contributed by atoms with van der Waals surface area (Å²) in [5.41, 5.74) is 20.9. The lowest BCUT2D eigenvalue weighted by Gasteiger charge is -2.26. The number of nitrogens with zero attached hydrogens (tertiary/aromatic N) is 9. The summed E-state index contributed by atoms with van der Waals surface area (Å²) in [6.45, 7) is 9.39. The molecule has 1 fully saturated rings. The number of benzene rings is 2. The Morgan fingerprint density at radius 2 is 1.21 bits per heavy atom. The van der Waals surface area contributed by atoms with Gasteiger partial charge in [0, 0.05) is 91.9 Å². The van der Waals surface area contributed by atoms with Gasteiger partial charge in [-0.2, -0.15) is 10.2 Å². The van der Waals surface area contributed by atoms with Gasteiger partial charge in [-0.05, 0) is 68.8 Å². The van der Waals surface area contributed by atoms with Gasteiger partial charge in [0.25, 0.3) is 0 Å². The Labute approximate surface area is 357 Å². The molecule has 0 saturated carbocycles. The van der Waals surface area contributed by atoms with Crippen LogP contribution in [0.15, 0.2) is 73.1 Å². The normalized spacial score (nSPS) is 13.7. The van der Waals surface area contributed by atoms with Crippen molar-refractivity contribution >= 4 is 55.4 Å². The molecule has 0 atom stereocenters. The molecule has 0 spiro atoms. The van der Waals surface area contributed by atoms with Crippen LogP contribution in [-0.2, 0) is 31.9 Å². The van der Waals surface area contributed by atoms with Crippen molar-refractivity contribution in [1.82, 2.24) is 43.6 Å². The number of methoxy groups -OCH3 is 1. The van der Waals surface area contributed by atoms with Crippen LogP contribution in [0.3, 0.4) is 0 Å². The van der Waals surface area contributed by atoms with Crippen molar-refractivity contribution in [3.8, 4) is 34.3 Å². The summed E-state index contributed by atoms with van der Waals surface area (Å²) in [6.07, 6.45) is 8.71. The summed E-state index contributed by atoms with van der Waals surface area (Å²) < 4.78 is 26.0. The zero-order valence-electron chi connectivity index (χ0n) is 35.5. The van der Waals surface area contributed by atoms with Crippen LogP contribution in [0.4, 0.5) is 0 Å². The Morgan fingerprint density at radius 3 is 1.68 bits per heavy atom. The van der Waals surface area contributed by atoms with Crippen molar-refractivity contribution < 1.29 is 23.8 Å². The highest BCUT2D eigenvalue weighted by Gasteiger charge is 2.22. The topological polar surface area (TPSA) is 188 Å². The summed E-state index contributed by atoms with van der Waals surface area (Å²) in [6, 6.07) is 15.2. The summed E-state index contributed by atoms with van der Waals surface area (Å²) in [5, 5.41) is 12.4. The van der Waals surface area contributed by atoms with Crippen LogP contribution >= 0.6 is 0 Å². The van der Waals surface area contributed by atoms with Crippen molar-refractivity contribution in [3.05, 3.63) is 95.6 Å². The minimum Gasteiger partial charge on any atom is -0.495 e. The molecule has 9 rings (SSSR count). The first-order valence-corrected chi connectivity index (χ1v) is 20.6. The fraction of sp³-hybridized carbons (Fsp3) is 0.304. The molecule has 0 unspecified atom stereocenters. The average molecular weight is 836 g/mol. The first-order chi connectivity index (χ1) is 30.0. The van der Waals surface area contributed by atoms with Gasteiger partial charge in [-0.15, -0.1) is 0 Å². The smallest absolute Gasteiger partial charge is 0.248 e. The van der Waals surface area contributed by atoms with Crippen LogP contribution in [0.25, 0.3) is 66.4 Å². The third kappa shape index (κ3) is 7.40. The van der Waals surface area contributed by atoms with E-state index in [1.807, 2.05) is 74.0 Å². The number of rotatable bonds is 14. The van der Waals surface area contributed by atoms with Crippen molar-refractivity contribution in [1.29, 1.82) is 0 Å². The first kappa shape index (κ1) is 40.4. The van der Waals surface area contributed by atoms with Gasteiger partial charge in [-0.3, -0.25) is 33.8 Å². The Bertz CT molecular complexity index is 3070. The summed E-state index contributed by atoms with van der Waals surface area (Å²) >= 11 is 0. The lowest BCUT2D eigenvalue weighted by atomic mass is 10.1. The molecule has 4 N–H and O–H groups in total. The van der Waals surface area contributed by atoms with E-state index in [1.54, 1.807) is 25.3 Å². The third-order valence-corrected chi connectivity index (χ3v) is 11.7. The number of carbonyl (C=O) groups is 2. The molecular weight excluding hydrogens is 787 g/mol. The average Bonchev–Trinajstić information content (AvgIpc) is 3.99. The van der Waals surface area contributed by atoms with Gasteiger partial charge in [-0.25, -0.2) is 0 Å². The van der Waals surface area contributed by atoms with E-state index in [-0.39, 0.29) is 0 Å². The van der Waals surface area contributed by atoms with Gasteiger partial charge in [0.2, 0.25) is 11.8 Å². The van der Waals surface area contributed by atoms with E-state index in [1.165, 1.54) is 0 Å². The van der Waals surface area contributed by atoms with Gasteiger partial charge in [0.1, 0.15) is 11.5 Å². The zero-order chi connectivity index (χ0) is 43.2. The number of amides is 2. The number of aryl methyl sites for hydroxylation is 4. The number of allylic oxidation sites excluding steroid dienone is 2. The largest absolute Gasteiger partial charge is 0.495 e. The quantitative estimate of drug-likeness (QED) is 0.102. The maximum Gasteiger partial charge on any atom is 0.248 e. The standard InChI is InChI=1S/C46H49N11O5/c1-27-17-39(53(3)51-27)35-23-37-33(25-49-35)31-19-29(45(47)58)21-41(60-5)43(31)56(37)10-6-7-11-57-38-24-36(40-18-28(2)52-54(40)4)50-26-34(38)32-20-30(46(48)59)22-42(44(32)57)62-14-8-9-55-12-15-61-16-13-55/h6-7,17-26H,8-16H2,1-5H3,(H2,47,58)(H2,48,59)/b7-6+. The number of aromatic nitrogens is 8. The molecule has 16 heteroatoms. The molecule has 62 heavy (non-hydrogen) atoms. The fourth-order valence-electron chi connectivity index (χ4n) is 8.74. The van der Waals surface area contributed by atoms with Crippen molar-refractivity contribution in [2.75, 3.05) is 46.6 Å². The van der Waals surface area contributed by atoms with Crippen molar-refractivity contribution in [3.63, 3.8) is 0 Å². The van der Waals surface area contributed by atoms with Crippen LogP contribution < -0.4 is 20.9 Å². The second-order valence-corrected chi connectivity index (χ2v) is 15.8. The molecule has 16 nitrogen and oxygen atoms in total. The van der Waals surface area contributed by atoms with Gasteiger partial charge in [0.15, 0.2) is 0 Å². The lowest BCUT2D eigenvalue weighted by Crippen LogP contribution is -2.37. The molecule has 1 aliphatic heterocycles. The molecule has 2 aromatic carbocycles. The molecule has 0 bridgehead atoms. The number of carbonyl (C=O) groups excluding carboxylic acids is 2. The molecule has 2 amide bonds. The third-order valence-electron chi connectivity index (χ3n) is 11.7. The number of hydrogen-bond donors (Lipinski definition) is 2. The van der Waals surface area contributed by atoms with E-state index in [2.05, 4.69) is 42.4 Å². The highest BCUT2D eigenvalue weighted by atomic mass is 16.5. The minimum atomic E-state index is -0.549. The van der Waals surface area contributed by atoms with E-state index >= 15 is 0 Å². The Morgan fingerprint density at radius 1 is 0.710 bits per heavy atom. The molecule has 7 heterocycles. The van der Waals surface area contributed by atoms with Crippen molar-refractivity contribution in [2.24, 2.45) is 25.6 Å². The summed E-state index contributed by atoms with van der Waals surface area (Å²) in [7, 11) is 5.39. The van der Waals surface area contributed by atoms with Crippen LogP contribution in [0, 0.1) is 13.8 Å². The molecule has 1 saturated heterocycles. The fourth-order valence-corrected chi connectivity index (χ4v) is 8.74. The number of hydrogen-bond acceptors (Lipinski definition) is 10. The van der Waals surface area contributed by atoms with E-state index in [0.29, 0.717) is 42.3 Å². The van der Waals surface area contributed by atoms with Gasteiger partial charge in [0.05, 0.1) is 83.2 Å². The number of morpholine rings is 1. The summed E-state index contributed by atoms with van der Waals surface area (Å²) in [5.74, 6) is 0.00517. The van der Waals surface area contributed by atoms with E-state index in [0.717, 1.165) is 117 Å². The molecule has 318 valence electrons. The molecule has 1 aliphatic rings. The second-order valence-electron chi connectivity index (χ2n) is 15.8. The number of nitrogens with two attached hydrogens (primary N) is 2. The number of fused-ring (bicyclic) bond motifs is 6. The monoisotopic (exact) mass is 835 g/mol. The van der Waals surface area contributed by atoms with E-state index < -0.39 is 11.8 Å². The van der Waals surface area contributed by atoms with Crippen LogP contribution in [0.2, 0.25) is 0 Å². The SMILES string of the molecule is COc1cc(C(N)=O)cc2c3cnc(-c4cc(C)nn4C)cc3n(C/C=C/Cn3c4cc(-c5cc(C)nn5C)ncc4c4cc(C(N)=O)cc(OCCCN5CCOCC5)c43)c12. The van der Waals surface area contributed by atoms with Crippen LogP contribution in [-0.4, -0.2) is 102 Å². The minimum absolute atomic E-state index is 0.343. The Kier molecular flexibility index (Phi) is 10.7. The molecule has 0 radical (unpaired) electrons. The zero-order valence-corrected chi connectivity index (χ0v) is 35.5. The molecule has 8 aromatic rings. The van der Waals surface area contributed by atoms with E-state index in [4.69, 9.17) is 35.6 Å². The lowest BCUT2D eigenvalue weighted by molar-refractivity contribution is 0.0358. The highest BCUT2D eigenvalue weighted by molar-refractivity contribution is 6.14. The molecule has 0 aliphatic carbocycles. The molecular formula is C46H49N11O5. The van der Waals surface area contributed by atoms with Crippen LogP contribution in [0.5, 0.6) is 11.5 Å². The highest BCUT2D eigenvalue weighted by Crippen LogP contribution is 2.39. The van der Waals surface area contributed by atoms with Gasteiger partial charge in [-0.1, -0.05) is 12.2 Å². The molecule has 6 aromatic heterocycles. The number of ether oxygens (including phenoxy) is 3. The van der Waals surface area contributed by atoms with E-state index in [9.17, 15) is 9.59 Å². The Hall–Kier alpha value is -7.04. The van der Waals surface area contributed by atoms with Crippen LogP contribution in [0.1, 0.15) is 38.5 Å². The van der Waals surface area contributed by atoms with Gasteiger partial charge >= 0.3 is 0 Å². The van der Waals surface area contributed by atoms with Crippen molar-refractivity contribution in [2.45, 2.75) is 33.4 Å². The second kappa shape index (κ2) is 16.4. The Balaban J connectivity index is 1.15. The maximum atomic E-state index is 12.7. The number of primary amides is 2. The van der Waals surface area contributed by atoms with Gasteiger partial charge < -0.3 is 34.8 Å². The maximum absolute atomic E-state index is 12.7. The predicted molar refractivity (Wildman–Crippen MR) is 238 cm³/mol. The number of pyridine rings is 2.